The van der Waals surface area contributed by atoms with Crippen LogP contribution < -0.4 is 15.4 Å². The lowest BCUT2D eigenvalue weighted by Crippen LogP contribution is -2.39. The number of nitrogen functional groups attached to an aromatic ring is 1. The third-order valence-corrected chi connectivity index (χ3v) is 4.57. The second-order valence-corrected chi connectivity index (χ2v) is 7.20. The van der Waals surface area contributed by atoms with E-state index in [0.29, 0.717) is 11.0 Å². The highest BCUT2D eigenvalue weighted by Crippen LogP contribution is 2.37. The smallest absolute Gasteiger partial charge is 0.180 e. The first-order chi connectivity index (χ1) is 10.5. The van der Waals surface area contributed by atoms with Crippen molar-refractivity contribution in [3.63, 3.8) is 0 Å². The van der Waals surface area contributed by atoms with Crippen LogP contribution in [0.5, 0.6) is 5.75 Å². The predicted molar refractivity (Wildman–Crippen MR) is 93.7 cm³/mol. The topological polar surface area (TPSA) is 51.4 Å². The van der Waals surface area contributed by atoms with Gasteiger partial charge in [-0.3, -0.25) is 0 Å². The summed E-state index contributed by atoms with van der Waals surface area (Å²) >= 11 is 1.47. The van der Waals surface area contributed by atoms with Gasteiger partial charge in [-0.05, 0) is 37.5 Å². The van der Waals surface area contributed by atoms with Gasteiger partial charge in [0.25, 0.3) is 0 Å². The van der Waals surface area contributed by atoms with Crippen molar-refractivity contribution in [2.75, 3.05) is 23.7 Å². The van der Waals surface area contributed by atoms with Gasteiger partial charge in [0.15, 0.2) is 5.13 Å². The molecule has 1 aromatic heterocycles. The van der Waals surface area contributed by atoms with E-state index in [1.54, 1.807) is 0 Å². The number of thiazole rings is 1. The maximum absolute atomic E-state index is 5.98. The van der Waals surface area contributed by atoms with Gasteiger partial charge in [0, 0.05) is 17.5 Å². The van der Waals surface area contributed by atoms with Crippen LogP contribution in [-0.4, -0.2) is 24.2 Å². The minimum absolute atomic E-state index is 0.223. The fourth-order valence-corrected chi connectivity index (χ4v) is 3.30. The molecule has 1 atom stereocenters. The van der Waals surface area contributed by atoms with Gasteiger partial charge in [0.05, 0.1) is 17.9 Å². The highest BCUT2D eigenvalue weighted by Gasteiger charge is 2.23. The molecule has 5 heteroatoms. The van der Waals surface area contributed by atoms with E-state index in [0.717, 1.165) is 30.1 Å². The highest BCUT2D eigenvalue weighted by molar-refractivity contribution is 7.13. The van der Waals surface area contributed by atoms with E-state index in [2.05, 4.69) is 48.9 Å². The molecule has 0 radical (unpaired) electrons. The molecule has 4 nitrogen and oxygen atoms in total. The molecule has 0 saturated carbocycles. The Morgan fingerprint density at radius 2 is 2.27 bits per heavy atom. The molecule has 2 N–H and O–H groups in total. The average Bonchev–Trinajstić information content (AvgIpc) is 2.90. The Labute approximate surface area is 135 Å². The van der Waals surface area contributed by atoms with Gasteiger partial charge >= 0.3 is 0 Å². The molecule has 0 amide bonds. The fraction of sp³-hybridized carbons (Fsp3) is 0.471. The van der Waals surface area contributed by atoms with E-state index >= 15 is 0 Å². The van der Waals surface area contributed by atoms with Crippen molar-refractivity contribution in [3.8, 4) is 17.0 Å². The Balaban J connectivity index is 1.92. The van der Waals surface area contributed by atoms with Crippen molar-refractivity contribution in [1.82, 2.24) is 4.98 Å². The summed E-state index contributed by atoms with van der Waals surface area (Å²) in [7, 11) is 0. The fourth-order valence-electron chi connectivity index (χ4n) is 2.73. The summed E-state index contributed by atoms with van der Waals surface area (Å²) in [6.45, 7) is 8.64. The molecule has 1 aliphatic heterocycles. The SMILES string of the molecule is CC(C)CCN1CC(C)Oc2ccc(-c3csc(N)n3)cc21. The van der Waals surface area contributed by atoms with Crippen LogP contribution in [0.3, 0.4) is 0 Å². The first kappa shape index (κ1) is 15.2. The van der Waals surface area contributed by atoms with E-state index in [1.165, 1.54) is 23.4 Å². The van der Waals surface area contributed by atoms with E-state index < -0.39 is 0 Å². The lowest BCUT2D eigenvalue weighted by Gasteiger charge is -2.35. The van der Waals surface area contributed by atoms with Gasteiger partial charge in [-0.15, -0.1) is 11.3 Å². The van der Waals surface area contributed by atoms with Gasteiger partial charge in [0.1, 0.15) is 11.9 Å². The summed E-state index contributed by atoms with van der Waals surface area (Å²) in [5, 5.41) is 2.61. The van der Waals surface area contributed by atoms with Gasteiger partial charge in [0.2, 0.25) is 0 Å². The number of hydrogen-bond donors (Lipinski definition) is 1. The van der Waals surface area contributed by atoms with Gasteiger partial charge in [-0.25, -0.2) is 4.98 Å². The summed E-state index contributed by atoms with van der Waals surface area (Å²) in [5.41, 5.74) is 8.96. The molecule has 1 aliphatic rings. The largest absolute Gasteiger partial charge is 0.487 e. The third kappa shape index (κ3) is 3.19. The molecule has 0 bridgehead atoms. The van der Waals surface area contributed by atoms with E-state index in [4.69, 9.17) is 10.5 Å². The van der Waals surface area contributed by atoms with Gasteiger partial charge in [-0.2, -0.15) is 0 Å². The number of hydrogen-bond acceptors (Lipinski definition) is 5. The maximum Gasteiger partial charge on any atom is 0.180 e. The van der Waals surface area contributed by atoms with Crippen LogP contribution in [0.1, 0.15) is 27.2 Å². The van der Waals surface area contributed by atoms with Crippen molar-refractivity contribution in [1.29, 1.82) is 0 Å². The molecule has 0 spiro atoms. The molecule has 2 aromatic rings. The number of fused-ring (bicyclic) bond motifs is 1. The standard InChI is InChI=1S/C17H23N3OS/c1-11(2)6-7-20-9-12(3)21-16-5-4-13(8-15(16)20)14-10-22-17(18)19-14/h4-5,8,10-12H,6-7,9H2,1-3H3,(H2,18,19). The van der Waals surface area contributed by atoms with Crippen molar-refractivity contribution >= 4 is 22.2 Å². The van der Waals surface area contributed by atoms with E-state index in [-0.39, 0.29) is 6.10 Å². The maximum atomic E-state index is 5.98. The molecule has 22 heavy (non-hydrogen) atoms. The molecular weight excluding hydrogens is 294 g/mol. The number of anilines is 2. The summed E-state index contributed by atoms with van der Waals surface area (Å²) in [6.07, 6.45) is 1.40. The van der Waals surface area contributed by atoms with Crippen LogP contribution in [-0.2, 0) is 0 Å². The van der Waals surface area contributed by atoms with Crippen molar-refractivity contribution in [2.24, 2.45) is 5.92 Å². The summed E-state index contributed by atoms with van der Waals surface area (Å²) < 4.78 is 5.98. The minimum atomic E-state index is 0.223. The van der Waals surface area contributed by atoms with Gasteiger partial charge < -0.3 is 15.4 Å². The monoisotopic (exact) mass is 317 g/mol. The zero-order valence-corrected chi connectivity index (χ0v) is 14.2. The molecule has 1 aromatic carbocycles. The zero-order chi connectivity index (χ0) is 15.7. The second-order valence-electron chi connectivity index (χ2n) is 6.31. The Kier molecular flexibility index (Phi) is 4.25. The highest BCUT2D eigenvalue weighted by atomic mass is 32.1. The van der Waals surface area contributed by atoms with Crippen molar-refractivity contribution < 1.29 is 4.74 Å². The molecular formula is C17H23N3OS. The predicted octanol–water partition coefficient (Wildman–Crippen LogP) is 4.03. The number of benzene rings is 1. The summed E-state index contributed by atoms with van der Waals surface area (Å²) in [5.74, 6) is 1.66. The number of ether oxygens (including phenoxy) is 1. The van der Waals surface area contributed by atoms with Crippen molar-refractivity contribution in [3.05, 3.63) is 23.6 Å². The minimum Gasteiger partial charge on any atom is -0.487 e. The molecule has 2 heterocycles. The molecule has 0 aliphatic carbocycles. The third-order valence-electron chi connectivity index (χ3n) is 3.90. The lowest BCUT2D eigenvalue weighted by atomic mass is 10.1. The lowest BCUT2D eigenvalue weighted by molar-refractivity contribution is 0.212. The van der Waals surface area contributed by atoms with Crippen LogP contribution in [0.25, 0.3) is 11.3 Å². The van der Waals surface area contributed by atoms with E-state index in [1.807, 2.05) is 5.38 Å². The number of rotatable bonds is 4. The van der Waals surface area contributed by atoms with E-state index in [9.17, 15) is 0 Å². The quantitative estimate of drug-likeness (QED) is 0.925. The normalized spacial score (nSPS) is 17.5. The van der Waals surface area contributed by atoms with Crippen LogP contribution in [0.15, 0.2) is 23.6 Å². The molecule has 1 unspecified atom stereocenters. The first-order valence-electron chi connectivity index (χ1n) is 7.80. The average molecular weight is 317 g/mol. The molecule has 118 valence electrons. The van der Waals surface area contributed by atoms with Crippen LogP contribution in [0.2, 0.25) is 0 Å². The summed E-state index contributed by atoms with van der Waals surface area (Å²) in [4.78, 5) is 6.81. The number of nitrogens with two attached hydrogens (primary N) is 1. The Bertz CT molecular complexity index is 653. The zero-order valence-electron chi connectivity index (χ0n) is 13.4. The molecule has 0 fully saturated rings. The number of nitrogens with zero attached hydrogens (tertiary/aromatic N) is 2. The van der Waals surface area contributed by atoms with Crippen molar-refractivity contribution in [2.45, 2.75) is 33.3 Å². The second kappa shape index (κ2) is 6.16. The van der Waals surface area contributed by atoms with Gasteiger partial charge in [-0.1, -0.05) is 13.8 Å². The number of aromatic nitrogens is 1. The first-order valence-corrected chi connectivity index (χ1v) is 8.68. The Morgan fingerprint density at radius 1 is 1.45 bits per heavy atom. The Hall–Kier alpha value is -1.75. The Morgan fingerprint density at radius 3 is 2.95 bits per heavy atom. The van der Waals surface area contributed by atoms with Crippen LogP contribution in [0, 0.1) is 5.92 Å². The van der Waals surface area contributed by atoms with Crippen LogP contribution in [0.4, 0.5) is 10.8 Å². The molecule has 0 saturated heterocycles. The summed E-state index contributed by atoms with van der Waals surface area (Å²) in [6, 6.07) is 6.29. The van der Waals surface area contributed by atoms with Crippen LogP contribution >= 0.6 is 11.3 Å². The molecule has 3 rings (SSSR count).